The van der Waals surface area contributed by atoms with Gasteiger partial charge in [-0.25, -0.2) is 0 Å². The van der Waals surface area contributed by atoms with E-state index in [4.69, 9.17) is 16.3 Å². The molecule has 0 spiro atoms. The van der Waals surface area contributed by atoms with Gasteiger partial charge in [-0.15, -0.1) is 0 Å². The fourth-order valence-electron chi connectivity index (χ4n) is 3.68. The molecule has 0 aliphatic carbocycles. The molecule has 1 fully saturated rings. The number of ether oxygens (including phenoxy) is 1. The molecule has 6 nitrogen and oxygen atoms in total. The Labute approximate surface area is 213 Å². The molecule has 1 aliphatic rings. The van der Waals surface area contributed by atoms with E-state index in [0.717, 1.165) is 11.1 Å². The van der Waals surface area contributed by atoms with Crippen LogP contribution >= 0.6 is 23.4 Å². The highest BCUT2D eigenvalue weighted by Gasteiger charge is 2.40. The molecule has 1 heterocycles. The molecule has 1 unspecified atom stereocenters. The summed E-state index contributed by atoms with van der Waals surface area (Å²) in [5.74, 6) is -0.133. The standard InChI is InChI=1S/C27H22ClN3O3S/c1-17-10-12-19(13-11-17)31-26(33)24(15-18-6-5-7-20(14-18)34-2)35-27(31)21(16-29)25(32)30-23-9-4-3-8-22(23)28/h3-14,24H,15H2,1-2H3,(H,30,32). The van der Waals surface area contributed by atoms with E-state index in [1.165, 1.54) is 16.7 Å². The van der Waals surface area contributed by atoms with Crippen molar-refractivity contribution >= 4 is 46.6 Å². The zero-order valence-electron chi connectivity index (χ0n) is 19.1. The zero-order valence-corrected chi connectivity index (χ0v) is 20.7. The maximum atomic E-state index is 13.6. The minimum Gasteiger partial charge on any atom is -0.497 e. The van der Waals surface area contributed by atoms with Crippen molar-refractivity contribution in [1.29, 1.82) is 5.26 Å². The van der Waals surface area contributed by atoms with Gasteiger partial charge in [0, 0.05) is 5.69 Å². The van der Waals surface area contributed by atoms with Crippen LogP contribution in [-0.4, -0.2) is 24.2 Å². The monoisotopic (exact) mass is 503 g/mol. The summed E-state index contributed by atoms with van der Waals surface area (Å²) >= 11 is 7.39. The number of hydrogen-bond acceptors (Lipinski definition) is 5. The Kier molecular flexibility index (Phi) is 7.45. The van der Waals surface area contributed by atoms with Crippen LogP contribution in [0.25, 0.3) is 0 Å². The van der Waals surface area contributed by atoms with E-state index < -0.39 is 11.2 Å². The summed E-state index contributed by atoms with van der Waals surface area (Å²) in [7, 11) is 1.59. The summed E-state index contributed by atoms with van der Waals surface area (Å²) in [6.45, 7) is 1.95. The van der Waals surface area contributed by atoms with Crippen LogP contribution in [0.1, 0.15) is 11.1 Å². The van der Waals surface area contributed by atoms with Crippen LogP contribution in [-0.2, 0) is 16.0 Å². The highest BCUT2D eigenvalue weighted by Crippen LogP contribution is 2.42. The number of amides is 2. The van der Waals surface area contributed by atoms with Crippen LogP contribution < -0.4 is 15.0 Å². The van der Waals surface area contributed by atoms with Crippen molar-refractivity contribution in [1.82, 2.24) is 0 Å². The first-order valence-corrected chi connectivity index (χ1v) is 12.1. The molecule has 0 bridgehead atoms. The second kappa shape index (κ2) is 10.7. The van der Waals surface area contributed by atoms with Crippen LogP contribution in [0.15, 0.2) is 83.4 Å². The van der Waals surface area contributed by atoms with Crippen molar-refractivity contribution in [3.05, 3.63) is 99.5 Å². The first-order valence-electron chi connectivity index (χ1n) is 10.8. The molecule has 4 rings (SSSR count). The van der Waals surface area contributed by atoms with E-state index in [1.807, 2.05) is 61.5 Å². The highest BCUT2D eigenvalue weighted by atomic mass is 35.5. The predicted octanol–water partition coefficient (Wildman–Crippen LogP) is 5.72. The number of para-hydroxylation sites is 1. The van der Waals surface area contributed by atoms with E-state index in [-0.39, 0.29) is 11.5 Å². The Morgan fingerprint density at radius 1 is 1.14 bits per heavy atom. The number of nitriles is 1. The van der Waals surface area contributed by atoms with Crippen molar-refractivity contribution < 1.29 is 14.3 Å². The quantitative estimate of drug-likeness (QED) is 0.343. The third-order valence-electron chi connectivity index (χ3n) is 5.48. The fourth-order valence-corrected chi connectivity index (χ4v) is 5.17. The van der Waals surface area contributed by atoms with Gasteiger partial charge in [-0.05, 0) is 55.3 Å². The Morgan fingerprint density at radius 2 is 1.89 bits per heavy atom. The molecule has 1 aliphatic heterocycles. The van der Waals surface area contributed by atoms with Gasteiger partial charge in [-0.3, -0.25) is 14.5 Å². The number of thioether (sulfide) groups is 1. The topological polar surface area (TPSA) is 82.4 Å². The number of benzene rings is 3. The van der Waals surface area contributed by atoms with Crippen LogP contribution in [0, 0.1) is 18.3 Å². The molecule has 3 aromatic rings. The molecule has 35 heavy (non-hydrogen) atoms. The summed E-state index contributed by atoms with van der Waals surface area (Å²) < 4.78 is 5.30. The van der Waals surface area contributed by atoms with Crippen molar-refractivity contribution in [2.75, 3.05) is 17.3 Å². The smallest absolute Gasteiger partial charge is 0.269 e. The second-order valence-corrected chi connectivity index (χ2v) is 9.50. The Bertz CT molecular complexity index is 1350. The third-order valence-corrected chi connectivity index (χ3v) is 7.07. The van der Waals surface area contributed by atoms with Gasteiger partial charge in [-0.1, -0.05) is 65.3 Å². The molecular weight excluding hydrogens is 482 g/mol. The number of methoxy groups -OCH3 is 1. The summed E-state index contributed by atoms with van der Waals surface area (Å²) in [6, 6.07) is 23.7. The Hall–Kier alpha value is -3.73. The number of rotatable bonds is 6. The van der Waals surface area contributed by atoms with Crippen LogP contribution in [0.4, 0.5) is 11.4 Å². The number of carbonyl (C=O) groups excluding carboxylic acids is 2. The largest absolute Gasteiger partial charge is 0.497 e. The summed E-state index contributed by atoms with van der Waals surface area (Å²) in [6.07, 6.45) is 0.414. The minimum atomic E-state index is -0.630. The predicted molar refractivity (Wildman–Crippen MR) is 139 cm³/mol. The van der Waals surface area contributed by atoms with Crippen LogP contribution in [0.2, 0.25) is 5.02 Å². The van der Waals surface area contributed by atoms with Crippen LogP contribution in [0.3, 0.4) is 0 Å². The summed E-state index contributed by atoms with van der Waals surface area (Å²) in [5.41, 5.74) is 2.77. The lowest BCUT2D eigenvalue weighted by molar-refractivity contribution is -0.117. The molecule has 3 aromatic carbocycles. The van der Waals surface area contributed by atoms with E-state index >= 15 is 0 Å². The molecular formula is C27H22ClN3O3S. The van der Waals surface area contributed by atoms with E-state index in [2.05, 4.69) is 5.32 Å². The first-order chi connectivity index (χ1) is 16.9. The molecule has 2 amide bonds. The van der Waals surface area contributed by atoms with E-state index in [1.54, 1.807) is 31.4 Å². The number of carbonyl (C=O) groups is 2. The maximum absolute atomic E-state index is 13.6. The van der Waals surface area contributed by atoms with Gasteiger partial charge in [0.15, 0.2) is 0 Å². The highest BCUT2D eigenvalue weighted by molar-refractivity contribution is 8.05. The number of anilines is 2. The third kappa shape index (κ3) is 5.35. The molecule has 0 aromatic heterocycles. The van der Waals surface area contributed by atoms with E-state index in [9.17, 15) is 14.9 Å². The van der Waals surface area contributed by atoms with Gasteiger partial charge in [0.1, 0.15) is 22.4 Å². The average Bonchev–Trinajstić information content (AvgIpc) is 3.17. The lowest BCUT2D eigenvalue weighted by Crippen LogP contribution is -2.31. The molecule has 0 radical (unpaired) electrons. The van der Waals surface area contributed by atoms with Gasteiger partial charge in [0.25, 0.3) is 5.91 Å². The van der Waals surface area contributed by atoms with Crippen molar-refractivity contribution in [3.63, 3.8) is 0 Å². The van der Waals surface area contributed by atoms with Gasteiger partial charge in [0.2, 0.25) is 5.91 Å². The zero-order chi connectivity index (χ0) is 24.9. The van der Waals surface area contributed by atoms with E-state index in [0.29, 0.717) is 33.6 Å². The molecule has 1 N–H and O–H groups in total. The Morgan fingerprint density at radius 3 is 2.57 bits per heavy atom. The number of nitrogens with one attached hydrogen (secondary N) is 1. The van der Waals surface area contributed by atoms with Gasteiger partial charge >= 0.3 is 0 Å². The number of halogens is 1. The first kappa shape index (κ1) is 24.4. The van der Waals surface area contributed by atoms with Gasteiger partial charge in [0.05, 0.1) is 23.1 Å². The molecule has 176 valence electrons. The molecule has 1 saturated heterocycles. The Balaban J connectivity index is 1.73. The second-order valence-electron chi connectivity index (χ2n) is 7.90. The summed E-state index contributed by atoms with van der Waals surface area (Å²) in [4.78, 5) is 28.2. The molecule has 8 heteroatoms. The van der Waals surface area contributed by atoms with Crippen molar-refractivity contribution in [2.45, 2.75) is 18.6 Å². The van der Waals surface area contributed by atoms with Crippen molar-refractivity contribution in [3.8, 4) is 11.8 Å². The normalized spacial score (nSPS) is 16.6. The molecule has 0 saturated carbocycles. The number of aryl methyl sites for hydroxylation is 1. The number of hydrogen-bond donors (Lipinski definition) is 1. The summed E-state index contributed by atoms with van der Waals surface area (Å²) in [5, 5.41) is 12.8. The lowest BCUT2D eigenvalue weighted by atomic mass is 10.1. The van der Waals surface area contributed by atoms with Crippen molar-refractivity contribution in [2.24, 2.45) is 0 Å². The lowest BCUT2D eigenvalue weighted by Gasteiger charge is -2.19. The van der Waals surface area contributed by atoms with Crippen LogP contribution in [0.5, 0.6) is 5.75 Å². The number of nitrogens with zero attached hydrogens (tertiary/aromatic N) is 2. The average molecular weight is 504 g/mol. The van der Waals surface area contributed by atoms with Gasteiger partial charge in [-0.2, -0.15) is 5.26 Å². The SMILES string of the molecule is COc1cccc(CC2SC(=C(C#N)C(=O)Nc3ccccc3Cl)N(c3ccc(C)cc3)C2=O)c1. The maximum Gasteiger partial charge on any atom is 0.269 e. The fraction of sp³-hybridized carbons (Fsp3) is 0.148. The minimum absolute atomic E-state index is 0.156. The molecule has 1 atom stereocenters. The van der Waals surface area contributed by atoms with Gasteiger partial charge < -0.3 is 10.1 Å².